The first-order chi connectivity index (χ1) is 21.8. The van der Waals surface area contributed by atoms with E-state index in [1.807, 2.05) is 36.4 Å². The summed E-state index contributed by atoms with van der Waals surface area (Å²) in [5.41, 5.74) is 10.1. The summed E-state index contributed by atoms with van der Waals surface area (Å²) in [5.74, 6) is 2.13. The maximum Gasteiger partial charge on any atom is 0.169 e. The van der Waals surface area contributed by atoms with Gasteiger partial charge >= 0.3 is 0 Å². The van der Waals surface area contributed by atoms with E-state index in [0.717, 1.165) is 61.2 Å². The zero-order valence-electron chi connectivity index (χ0n) is 26.7. The molecule has 0 aromatic heterocycles. The first-order valence-electron chi connectivity index (χ1n) is 15.8. The van der Waals surface area contributed by atoms with Crippen molar-refractivity contribution in [2.75, 3.05) is 34.3 Å². The number of rotatable bonds is 9. The Balaban J connectivity index is 1.18. The number of nitrogens with zero attached hydrogens (tertiary/aromatic N) is 2. The molecule has 2 aliphatic rings. The second kappa shape index (κ2) is 13.2. The zero-order chi connectivity index (χ0) is 31.7. The fourth-order valence-electron chi connectivity index (χ4n) is 7.04. The van der Waals surface area contributed by atoms with Crippen LogP contribution in [0.1, 0.15) is 62.2 Å². The third kappa shape index (κ3) is 6.44. The molecular weight excluding hydrogens is 564 g/mol. The van der Waals surface area contributed by atoms with Crippen molar-refractivity contribution < 1.29 is 24.8 Å². The molecule has 7 heteroatoms. The topological polar surface area (TPSA) is 85.6 Å². The summed E-state index contributed by atoms with van der Waals surface area (Å²) in [6.07, 6.45) is 3.55. The lowest BCUT2D eigenvalue weighted by Crippen LogP contribution is -2.33. The quantitative estimate of drug-likeness (QED) is 0.214. The molecule has 236 valence electrons. The lowest BCUT2D eigenvalue weighted by molar-refractivity contribution is 0.226. The normalized spacial score (nSPS) is 18.4. The molecule has 4 aromatic carbocycles. The van der Waals surface area contributed by atoms with E-state index in [4.69, 9.17) is 9.47 Å². The van der Waals surface area contributed by atoms with Gasteiger partial charge in [-0.1, -0.05) is 36.4 Å². The van der Waals surface area contributed by atoms with E-state index in [-0.39, 0.29) is 31.0 Å². The Morgan fingerprint density at radius 2 is 1.29 bits per heavy atom. The predicted molar refractivity (Wildman–Crippen MR) is 176 cm³/mol. The minimum absolute atomic E-state index is 0.0795. The highest BCUT2D eigenvalue weighted by Gasteiger charge is 2.28. The summed E-state index contributed by atoms with van der Waals surface area (Å²) < 4.78 is 11.9. The lowest BCUT2D eigenvalue weighted by Gasteiger charge is -2.35. The van der Waals surface area contributed by atoms with Crippen LogP contribution in [0, 0.1) is 6.92 Å². The van der Waals surface area contributed by atoms with Crippen molar-refractivity contribution in [1.29, 1.82) is 0 Å². The van der Waals surface area contributed by atoms with E-state index in [9.17, 15) is 15.3 Å². The fraction of sp³-hybridized carbons (Fsp3) is 0.368. The van der Waals surface area contributed by atoms with Gasteiger partial charge in [-0.3, -0.25) is 9.80 Å². The van der Waals surface area contributed by atoms with Gasteiger partial charge < -0.3 is 24.8 Å². The van der Waals surface area contributed by atoms with Crippen LogP contribution in [0.15, 0.2) is 66.7 Å². The Morgan fingerprint density at radius 3 is 1.93 bits per heavy atom. The van der Waals surface area contributed by atoms with Crippen LogP contribution in [-0.2, 0) is 38.9 Å². The van der Waals surface area contributed by atoms with Gasteiger partial charge in [0.2, 0.25) is 0 Å². The molecule has 3 N–H and O–H groups in total. The summed E-state index contributed by atoms with van der Waals surface area (Å²) in [6.45, 7) is 3.85. The Morgan fingerprint density at radius 1 is 0.711 bits per heavy atom. The molecule has 0 spiro atoms. The molecule has 4 aromatic rings. The van der Waals surface area contributed by atoms with Crippen LogP contribution in [0.5, 0.6) is 23.0 Å². The number of benzene rings is 4. The molecule has 0 amide bonds. The average Bonchev–Trinajstić information content (AvgIpc) is 3.05. The number of fused-ring (bicyclic) bond motifs is 2. The molecule has 0 radical (unpaired) electrons. The van der Waals surface area contributed by atoms with Crippen molar-refractivity contribution in [3.05, 3.63) is 117 Å². The highest BCUT2D eigenvalue weighted by molar-refractivity contribution is 5.48. The van der Waals surface area contributed by atoms with Gasteiger partial charge in [0, 0.05) is 25.2 Å². The number of hydrogen-bond acceptors (Lipinski definition) is 7. The third-order valence-electron chi connectivity index (χ3n) is 9.74. The third-order valence-corrected chi connectivity index (χ3v) is 9.74. The van der Waals surface area contributed by atoms with E-state index >= 15 is 0 Å². The van der Waals surface area contributed by atoms with Gasteiger partial charge in [-0.2, -0.15) is 0 Å². The predicted octanol–water partition coefficient (Wildman–Crippen LogP) is 6.03. The van der Waals surface area contributed by atoms with Gasteiger partial charge in [0.25, 0.3) is 0 Å². The Labute approximate surface area is 266 Å². The first-order valence-corrected chi connectivity index (χ1v) is 15.8. The minimum Gasteiger partial charge on any atom is -0.504 e. The molecule has 0 fully saturated rings. The van der Waals surface area contributed by atoms with Gasteiger partial charge in [0.15, 0.2) is 11.5 Å². The van der Waals surface area contributed by atoms with Gasteiger partial charge in [-0.05, 0) is 127 Å². The summed E-state index contributed by atoms with van der Waals surface area (Å²) in [7, 11) is 6.04. The van der Waals surface area contributed by atoms with Gasteiger partial charge in [0.1, 0.15) is 11.5 Å². The number of aryl methyl sites for hydroxylation is 1. The molecule has 1 unspecified atom stereocenters. The van der Waals surface area contributed by atoms with Crippen molar-refractivity contribution >= 4 is 0 Å². The number of hydrogen-bond donors (Lipinski definition) is 3. The maximum atomic E-state index is 10.7. The maximum absolute atomic E-state index is 10.7. The van der Waals surface area contributed by atoms with Crippen molar-refractivity contribution in [3.63, 3.8) is 0 Å². The Hall–Kier alpha value is -3.88. The highest BCUT2D eigenvalue weighted by Crippen LogP contribution is 2.38. The monoisotopic (exact) mass is 608 g/mol. The first kappa shape index (κ1) is 31.1. The van der Waals surface area contributed by atoms with Crippen LogP contribution >= 0.6 is 0 Å². The smallest absolute Gasteiger partial charge is 0.169 e. The molecule has 45 heavy (non-hydrogen) atoms. The number of aliphatic hydroxyl groups is 2. The SMILES string of the molecule is COc1cc2c(cc1C)CCN(C)[C@@H]2Cc1ccc(Oc2cc(CC3c4cc(CO)c(CO)cc4CCN3C)ccc2O)cc1. The van der Waals surface area contributed by atoms with Crippen molar-refractivity contribution in [2.24, 2.45) is 0 Å². The fourth-order valence-corrected chi connectivity index (χ4v) is 7.04. The highest BCUT2D eigenvalue weighted by atomic mass is 16.5. The van der Waals surface area contributed by atoms with Crippen LogP contribution in [-0.4, -0.2) is 59.4 Å². The van der Waals surface area contributed by atoms with Gasteiger partial charge in [-0.15, -0.1) is 0 Å². The molecule has 6 rings (SSSR count). The van der Waals surface area contributed by atoms with Crippen molar-refractivity contribution in [3.8, 4) is 23.0 Å². The van der Waals surface area contributed by atoms with Crippen LogP contribution in [0.25, 0.3) is 0 Å². The molecule has 7 nitrogen and oxygen atoms in total. The van der Waals surface area contributed by atoms with E-state index in [0.29, 0.717) is 11.5 Å². The summed E-state index contributed by atoms with van der Waals surface area (Å²) in [5, 5.41) is 30.4. The van der Waals surface area contributed by atoms with Gasteiger partial charge in [0.05, 0.1) is 20.3 Å². The molecule has 0 saturated carbocycles. The van der Waals surface area contributed by atoms with Crippen LogP contribution in [0.2, 0.25) is 0 Å². The Kier molecular flexibility index (Phi) is 9.15. The Bertz CT molecular complexity index is 1670. The number of aromatic hydroxyl groups is 1. The van der Waals surface area contributed by atoms with Crippen LogP contribution in [0.4, 0.5) is 0 Å². The van der Waals surface area contributed by atoms with Crippen molar-refractivity contribution in [1.82, 2.24) is 9.80 Å². The summed E-state index contributed by atoms with van der Waals surface area (Å²) >= 11 is 0. The number of phenolic OH excluding ortho intramolecular Hbond substituents is 1. The van der Waals surface area contributed by atoms with E-state index in [1.54, 1.807) is 13.2 Å². The molecular formula is C38H44N2O5. The zero-order valence-corrected chi connectivity index (χ0v) is 26.7. The van der Waals surface area contributed by atoms with Crippen LogP contribution in [0.3, 0.4) is 0 Å². The average molecular weight is 609 g/mol. The number of methoxy groups -OCH3 is 1. The number of ether oxygens (including phenoxy) is 2. The molecule has 2 aliphatic heterocycles. The largest absolute Gasteiger partial charge is 0.504 e. The van der Waals surface area contributed by atoms with E-state index in [2.05, 4.69) is 55.1 Å². The molecule has 2 atom stereocenters. The van der Waals surface area contributed by atoms with Crippen LogP contribution < -0.4 is 9.47 Å². The summed E-state index contributed by atoms with van der Waals surface area (Å²) in [4.78, 5) is 4.75. The number of phenols is 1. The molecule has 2 heterocycles. The number of aliphatic hydroxyl groups excluding tert-OH is 2. The second-order valence-corrected chi connectivity index (χ2v) is 12.6. The number of likely N-dealkylation sites (N-methyl/N-ethyl adjacent to an activating group) is 2. The molecule has 0 saturated heterocycles. The second-order valence-electron chi connectivity index (χ2n) is 12.6. The lowest BCUT2D eigenvalue weighted by atomic mass is 9.86. The van der Waals surface area contributed by atoms with Gasteiger partial charge in [-0.25, -0.2) is 0 Å². The molecule has 0 aliphatic carbocycles. The van der Waals surface area contributed by atoms with E-state index in [1.165, 1.54) is 33.4 Å². The minimum atomic E-state index is -0.102. The van der Waals surface area contributed by atoms with Crippen molar-refractivity contribution in [2.45, 2.75) is 57.9 Å². The standard InChI is InChI=1S/C38H44N2O5/c1-24-15-27-11-13-39(2)34(33(27)21-37(24)44-4)16-25-5-8-31(9-6-25)45-38-18-26(7-10-36(38)43)17-35-32-20-30(23-42)29(22-41)19-28(32)12-14-40(35)3/h5-10,15,18-21,34-35,41-43H,11-14,16-17,22-23H2,1-4H3/t34-,35?/m1/s1. The molecule has 0 bridgehead atoms. The van der Waals surface area contributed by atoms with E-state index < -0.39 is 0 Å². The summed E-state index contributed by atoms with van der Waals surface area (Å²) in [6, 6.07) is 22.7.